The van der Waals surface area contributed by atoms with E-state index in [0.717, 1.165) is 27.6 Å². The zero-order chi connectivity index (χ0) is 16.7. The van der Waals surface area contributed by atoms with E-state index >= 15 is 0 Å². The number of amides is 1. The average Bonchev–Trinajstić information content (AvgIpc) is 2.51. The Hall–Kier alpha value is -1.55. The van der Waals surface area contributed by atoms with Gasteiger partial charge < -0.3 is 5.32 Å². The molecule has 0 radical (unpaired) electrons. The summed E-state index contributed by atoms with van der Waals surface area (Å²) in [5.41, 5.74) is 2.17. The number of nitrogens with zero attached hydrogens (tertiary/aromatic N) is 1. The van der Waals surface area contributed by atoms with Crippen molar-refractivity contribution in [2.24, 2.45) is 0 Å². The minimum absolute atomic E-state index is 0.00789. The largest absolute Gasteiger partial charge is 0.355 e. The topological polar surface area (TPSA) is 32.3 Å². The van der Waals surface area contributed by atoms with Gasteiger partial charge in [0, 0.05) is 23.1 Å². The number of benzene rings is 2. The predicted molar refractivity (Wildman–Crippen MR) is 96.0 cm³/mol. The number of carbonyl (C=O) groups is 1. The molecule has 0 aliphatic heterocycles. The third-order valence-corrected chi connectivity index (χ3v) is 4.08. The molecule has 1 N–H and O–H groups in total. The fourth-order valence-corrected chi connectivity index (χ4v) is 2.59. The van der Waals surface area contributed by atoms with Gasteiger partial charge in [-0.05, 0) is 42.8 Å². The number of nitrogens with one attached hydrogen (secondary N) is 1. The highest BCUT2D eigenvalue weighted by Gasteiger charge is 2.08. The van der Waals surface area contributed by atoms with Crippen molar-refractivity contribution >= 4 is 29.1 Å². The van der Waals surface area contributed by atoms with Gasteiger partial charge in [-0.15, -0.1) is 0 Å². The van der Waals surface area contributed by atoms with Gasteiger partial charge in [0.1, 0.15) is 0 Å². The summed E-state index contributed by atoms with van der Waals surface area (Å²) >= 11 is 12.0. The molecule has 122 valence electrons. The van der Waals surface area contributed by atoms with E-state index in [9.17, 15) is 4.79 Å². The summed E-state index contributed by atoms with van der Waals surface area (Å²) in [5, 5.41) is 4.38. The quantitative estimate of drug-likeness (QED) is 0.823. The summed E-state index contributed by atoms with van der Waals surface area (Å²) in [5.74, 6) is 0.00789. The lowest BCUT2D eigenvalue weighted by molar-refractivity contribution is -0.122. The van der Waals surface area contributed by atoms with E-state index in [-0.39, 0.29) is 5.91 Å². The summed E-state index contributed by atoms with van der Waals surface area (Å²) in [6, 6.07) is 15.3. The lowest BCUT2D eigenvalue weighted by atomic mass is 10.1. The second kappa shape index (κ2) is 8.92. The smallest absolute Gasteiger partial charge is 0.234 e. The molecule has 3 nitrogen and oxygen atoms in total. The van der Waals surface area contributed by atoms with Crippen LogP contribution in [-0.2, 0) is 17.8 Å². The van der Waals surface area contributed by atoms with Crippen LogP contribution in [-0.4, -0.2) is 30.9 Å². The maximum Gasteiger partial charge on any atom is 0.234 e. The second-order valence-electron chi connectivity index (χ2n) is 5.49. The van der Waals surface area contributed by atoms with Gasteiger partial charge in [-0.1, -0.05) is 53.5 Å². The van der Waals surface area contributed by atoms with Crippen LogP contribution in [0.15, 0.2) is 48.5 Å². The highest BCUT2D eigenvalue weighted by Crippen LogP contribution is 2.16. The van der Waals surface area contributed by atoms with Crippen molar-refractivity contribution in [1.82, 2.24) is 10.2 Å². The zero-order valence-corrected chi connectivity index (χ0v) is 14.6. The van der Waals surface area contributed by atoms with E-state index in [1.54, 1.807) is 0 Å². The Morgan fingerprint density at radius 1 is 1.09 bits per heavy atom. The molecule has 0 fully saturated rings. The van der Waals surface area contributed by atoms with E-state index in [1.165, 1.54) is 0 Å². The second-order valence-corrected chi connectivity index (χ2v) is 6.33. The molecule has 23 heavy (non-hydrogen) atoms. The van der Waals surface area contributed by atoms with Gasteiger partial charge in [-0.25, -0.2) is 0 Å². The van der Waals surface area contributed by atoms with E-state index in [0.29, 0.717) is 19.6 Å². The number of likely N-dealkylation sites (N-methyl/N-ethyl adjacent to an activating group) is 1. The molecule has 0 bridgehead atoms. The minimum Gasteiger partial charge on any atom is -0.355 e. The monoisotopic (exact) mass is 350 g/mol. The molecule has 2 aromatic rings. The van der Waals surface area contributed by atoms with E-state index in [1.807, 2.05) is 60.5 Å². The molecule has 5 heteroatoms. The van der Waals surface area contributed by atoms with Crippen molar-refractivity contribution in [2.75, 3.05) is 20.1 Å². The van der Waals surface area contributed by atoms with Gasteiger partial charge in [0.25, 0.3) is 0 Å². The van der Waals surface area contributed by atoms with Crippen LogP contribution in [0.5, 0.6) is 0 Å². The van der Waals surface area contributed by atoms with Crippen LogP contribution in [0.2, 0.25) is 10.0 Å². The third-order valence-electron chi connectivity index (χ3n) is 3.46. The summed E-state index contributed by atoms with van der Waals surface area (Å²) in [6.45, 7) is 1.59. The number of halogens is 2. The minimum atomic E-state index is 0.00789. The van der Waals surface area contributed by atoms with Crippen LogP contribution < -0.4 is 5.32 Å². The number of carbonyl (C=O) groups excluding carboxylic acids is 1. The van der Waals surface area contributed by atoms with Crippen LogP contribution in [0.4, 0.5) is 0 Å². The first-order valence-corrected chi connectivity index (χ1v) is 8.23. The van der Waals surface area contributed by atoms with Crippen molar-refractivity contribution in [3.05, 3.63) is 69.7 Å². The molecule has 2 aromatic carbocycles. The Kier molecular flexibility index (Phi) is 6.90. The first kappa shape index (κ1) is 17.8. The molecule has 0 aliphatic carbocycles. The van der Waals surface area contributed by atoms with Gasteiger partial charge in [0.2, 0.25) is 5.91 Å². The number of hydrogen-bond acceptors (Lipinski definition) is 2. The van der Waals surface area contributed by atoms with E-state index in [2.05, 4.69) is 5.32 Å². The van der Waals surface area contributed by atoms with Crippen molar-refractivity contribution in [3.63, 3.8) is 0 Å². The molecule has 0 atom stereocenters. The number of rotatable bonds is 7. The lowest BCUT2D eigenvalue weighted by Gasteiger charge is -2.17. The highest BCUT2D eigenvalue weighted by molar-refractivity contribution is 6.31. The number of hydrogen-bond donors (Lipinski definition) is 1. The Balaban J connectivity index is 1.72. The van der Waals surface area contributed by atoms with Crippen LogP contribution in [0.25, 0.3) is 0 Å². The van der Waals surface area contributed by atoms with Crippen LogP contribution in [0.3, 0.4) is 0 Å². The summed E-state index contributed by atoms with van der Waals surface area (Å²) in [6.07, 6.45) is 0.789. The molecule has 0 unspecified atom stereocenters. The van der Waals surface area contributed by atoms with Crippen LogP contribution in [0, 0.1) is 0 Å². The maximum atomic E-state index is 12.0. The molecule has 0 saturated carbocycles. The maximum absolute atomic E-state index is 12.0. The SMILES string of the molecule is CN(CC(=O)NCCc1ccc(Cl)cc1)Cc1ccccc1Cl. The van der Waals surface area contributed by atoms with Gasteiger partial charge in [0.15, 0.2) is 0 Å². The van der Waals surface area contributed by atoms with Crippen molar-refractivity contribution in [2.45, 2.75) is 13.0 Å². The predicted octanol–water partition coefficient (Wildman–Crippen LogP) is 3.78. The molecular formula is C18H20Cl2N2O. The van der Waals surface area contributed by atoms with Gasteiger partial charge in [-0.2, -0.15) is 0 Å². The summed E-state index contributed by atoms with van der Waals surface area (Å²) < 4.78 is 0. The first-order valence-electron chi connectivity index (χ1n) is 7.47. The van der Waals surface area contributed by atoms with Crippen molar-refractivity contribution in [1.29, 1.82) is 0 Å². The first-order chi connectivity index (χ1) is 11.0. The molecule has 1 amide bonds. The summed E-state index contributed by atoms with van der Waals surface area (Å²) in [7, 11) is 1.90. The van der Waals surface area contributed by atoms with Crippen molar-refractivity contribution < 1.29 is 4.79 Å². The molecule has 2 rings (SSSR count). The fraction of sp³-hybridized carbons (Fsp3) is 0.278. The molecule has 0 saturated heterocycles. The normalized spacial score (nSPS) is 10.8. The zero-order valence-electron chi connectivity index (χ0n) is 13.1. The van der Waals surface area contributed by atoms with Crippen molar-refractivity contribution in [3.8, 4) is 0 Å². The molecule has 0 heterocycles. The average molecular weight is 351 g/mol. The van der Waals surface area contributed by atoms with Gasteiger partial charge in [0.05, 0.1) is 6.54 Å². The third kappa shape index (κ3) is 6.22. The van der Waals surface area contributed by atoms with Gasteiger partial charge in [-0.3, -0.25) is 9.69 Å². The van der Waals surface area contributed by atoms with Crippen LogP contribution >= 0.6 is 23.2 Å². The molecule has 0 aromatic heterocycles. The Morgan fingerprint density at radius 2 is 1.78 bits per heavy atom. The lowest BCUT2D eigenvalue weighted by Crippen LogP contribution is -2.35. The molecule has 0 spiro atoms. The highest BCUT2D eigenvalue weighted by atomic mass is 35.5. The molecular weight excluding hydrogens is 331 g/mol. The van der Waals surface area contributed by atoms with Crippen LogP contribution in [0.1, 0.15) is 11.1 Å². The standard InChI is InChI=1S/C18H20Cl2N2O/c1-22(12-15-4-2-3-5-17(15)20)13-18(23)21-11-10-14-6-8-16(19)9-7-14/h2-9H,10-13H2,1H3,(H,21,23). The van der Waals surface area contributed by atoms with Gasteiger partial charge >= 0.3 is 0 Å². The Labute approximate surface area is 147 Å². The van der Waals surface area contributed by atoms with E-state index < -0.39 is 0 Å². The Bertz CT molecular complexity index is 644. The Morgan fingerprint density at radius 3 is 2.48 bits per heavy atom. The van der Waals surface area contributed by atoms with E-state index in [4.69, 9.17) is 23.2 Å². The fourth-order valence-electron chi connectivity index (χ4n) is 2.27. The molecule has 0 aliphatic rings. The summed E-state index contributed by atoms with van der Waals surface area (Å²) in [4.78, 5) is 13.9.